The fraction of sp³-hybridized carbons (Fsp3) is 0.562. The van der Waals surface area contributed by atoms with Gasteiger partial charge in [-0.15, -0.1) is 0 Å². The van der Waals surface area contributed by atoms with Gasteiger partial charge in [-0.05, 0) is 43.7 Å². The van der Waals surface area contributed by atoms with Gasteiger partial charge in [0.2, 0.25) is 10.0 Å². The van der Waals surface area contributed by atoms with Gasteiger partial charge in [0.1, 0.15) is 0 Å². The summed E-state index contributed by atoms with van der Waals surface area (Å²) in [6, 6.07) is 9.14. The van der Waals surface area contributed by atoms with Crippen molar-refractivity contribution in [1.29, 1.82) is 0 Å². The van der Waals surface area contributed by atoms with Crippen LogP contribution in [0.15, 0.2) is 40.2 Å². The predicted molar refractivity (Wildman–Crippen MR) is 90.6 cm³/mol. The van der Waals surface area contributed by atoms with Crippen molar-refractivity contribution in [3.05, 3.63) is 30.3 Å². The van der Waals surface area contributed by atoms with Gasteiger partial charge in [-0.3, -0.25) is 4.99 Å². The first-order valence-corrected chi connectivity index (χ1v) is 9.61. The second-order valence-corrected chi connectivity index (χ2v) is 8.24. The number of hydrogen-bond acceptors (Lipinski definition) is 3. The van der Waals surface area contributed by atoms with Gasteiger partial charge < -0.3 is 11.1 Å². The fourth-order valence-electron chi connectivity index (χ4n) is 2.78. The first-order chi connectivity index (χ1) is 11.1. The maximum atomic E-state index is 12.6. The Hall–Kier alpha value is -1.60. The molecule has 3 rings (SSSR count). The highest BCUT2D eigenvalue weighted by Gasteiger charge is 2.29. The number of benzene rings is 1. The Morgan fingerprint density at radius 3 is 2.43 bits per heavy atom. The van der Waals surface area contributed by atoms with E-state index in [-0.39, 0.29) is 0 Å². The molecule has 1 aromatic carbocycles. The Balaban J connectivity index is 1.52. The number of nitrogens with one attached hydrogen (secondary N) is 1. The Morgan fingerprint density at radius 2 is 1.83 bits per heavy atom. The Bertz CT molecular complexity index is 648. The highest BCUT2D eigenvalue weighted by atomic mass is 32.2. The Kier molecular flexibility index (Phi) is 4.87. The fourth-order valence-corrected chi connectivity index (χ4v) is 4.27. The van der Waals surface area contributed by atoms with Crippen LogP contribution in [-0.4, -0.2) is 44.4 Å². The summed E-state index contributed by atoms with van der Waals surface area (Å²) in [7, 11) is -3.36. The maximum absolute atomic E-state index is 12.6. The molecule has 0 atom stereocenters. The average Bonchev–Trinajstić information content (AvgIpc) is 3.38. The first-order valence-electron chi connectivity index (χ1n) is 8.17. The van der Waals surface area contributed by atoms with Crippen molar-refractivity contribution < 1.29 is 8.42 Å². The van der Waals surface area contributed by atoms with Crippen LogP contribution in [0.1, 0.15) is 25.7 Å². The van der Waals surface area contributed by atoms with E-state index in [1.807, 2.05) is 6.07 Å². The zero-order valence-electron chi connectivity index (χ0n) is 13.2. The first kappa shape index (κ1) is 16.3. The molecule has 0 bridgehead atoms. The number of nitrogens with zero attached hydrogens (tertiary/aromatic N) is 2. The minimum absolute atomic E-state index is 0.370. The van der Waals surface area contributed by atoms with Crippen molar-refractivity contribution in [2.75, 3.05) is 19.6 Å². The van der Waals surface area contributed by atoms with Crippen molar-refractivity contribution in [2.24, 2.45) is 16.6 Å². The molecule has 126 valence electrons. The van der Waals surface area contributed by atoms with Crippen LogP contribution in [0.4, 0.5) is 0 Å². The van der Waals surface area contributed by atoms with Crippen molar-refractivity contribution >= 4 is 16.0 Å². The van der Waals surface area contributed by atoms with Gasteiger partial charge in [-0.1, -0.05) is 18.2 Å². The molecule has 1 aromatic rings. The van der Waals surface area contributed by atoms with Crippen molar-refractivity contribution in [1.82, 2.24) is 9.62 Å². The van der Waals surface area contributed by atoms with Gasteiger partial charge in [0.05, 0.1) is 4.90 Å². The van der Waals surface area contributed by atoms with E-state index >= 15 is 0 Å². The van der Waals surface area contributed by atoms with Crippen LogP contribution in [0.25, 0.3) is 0 Å². The number of piperidine rings is 1. The summed E-state index contributed by atoms with van der Waals surface area (Å²) >= 11 is 0. The smallest absolute Gasteiger partial charge is 0.243 e. The van der Waals surface area contributed by atoms with E-state index in [0.29, 0.717) is 42.4 Å². The molecule has 0 radical (unpaired) electrons. The van der Waals surface area contributed by atoms with E-state index in [1.165, 1.54) is 12.8 Å². The summed E-state index contributed by atoms with van der Waals surface area (Å²) in [4.78, 5) is 4.76. The van der Waals surface area contributed by atoms with E-state index in [0.717, 1.165) is 12.8 Å². The standard InChI is InChI=1S/C16H24N4O2S/c17-16(19-14-6-7-14)18-12-13-8-10-20(11-9-13)23(21,22)15-4-2-1-3-5-15/h1-5,13-14H,6-12H2,(H3,17,18,19). The molecule has 1 heterocycles. The largest absolute Gasteiger partial charge is 0.370 e. The molecule has 7 heteroatoms. The van der Waals surface area contributed by atoms with E-state index in [9.17, 15) is 8.42 Å². The molecule has 1 saturated carbocycles. The molecule has 2 fully saturated rings. The summed E-state index contributed by atoms with van der Waals surface area (Å²) in [5, 5.41) is 3.17. The summed E-state index contributed by atoms with van der Waals surface area (Å²) in [6.07, 6.45) is 4.00. The monoisotopic (exact) mass is 336 g/mol. The molecule has 2 aliphatic rings. The second kappa shape index (κ2) is 6.88. The normalized spacial score (nSPS) is 21.3. The quantitative estimate of drug-likeness (QED) is 0.624. The summed E-state index contributed by atoms with van der Waals surface area (Å²) in [5.41, 5.74) is 5.84. The van der Waals surface area contributed by atoms with Crippen LogP contribution >= 0.6 is 0 Å². The minimum atomic E-state index is -3.36. The van der Waals surface area contributed by atoms with E-state index < -0.39 is 10.0 Å². The van der Waals surface area contributed by atoms with Crippen LogP contribution in [0, 0.1) is 5.92 Å². The molecule has 0 unspecified atom stereocenters. The minimum Gasteiger partial charge on any atom is -0.370 e. The maximum Gasteiger partial charge on any atom is 0.243 e. The van der Waals surface area contributed by atoms with Crippen LogP contribution in [0.3, 0.4) is 0 Å². The lowest BCUT2D eigenvalue weighted by molar-refractivity contribution is 0.279. The molecule has 23 heavy (non-hydrogen) atoms. The lowest BCUT2D eigenvalue weighted by atomic mass is 9.98. The van der Waals surface area contributed by atoms with E-state index in [1.54, 1.807) is 28.6 Å². The Labute approximate surface area is 137 Å². The molecule has 1 saturated heterocycles. The van der Waals surface area contributed by atoms with Gasteiger partial charge in [0.25, 0.3) is 0 Å². The highest BCUT2D eigenvalue weighted by molar-refractivity contribution is 7.89. The van der Waals surface area contributed by atoms with Gasteiger partial charge in [-0.2, -0.15) is 4.31 Å². The van der Waals surface area contributed by atoms with Crippen LogP contribution in [0.2, 0.25) is 0 Å². The third-order valence-corrected chi connectivity index (χ3v) is 6.32. The second-order valence-electron chi connectivity index (χ2n) is 6.31. The lowest BCUT2D eigenvalue weighted by Crippen LogP contribution is -2.39. The van der Waals surface area contributed by atoms with Crippen molar-refractivity contribution in [2.45, 2.75) is 36.6 Å². The molecular formula is C16H24N4O2S. The molecule has 1 aliphatic carbocycles. The topological polar surface area (TPSA) is 87.8 Å². The summed E-state index contributed by atoms with van der Waals surface area (Å²) in [5.74, 6) is 0.920. The SMILES string of the molecule is NC(=NCC1CCN(S(=O)(=O)c2ccccc2)CC1)NC1CC1. The molecule has 1 aliphatic heterocycles. The zero-order chi connectivity index (χ0) is 16.3. The highest BCUT2D eigenvalue weighted by Crippen LogP contribution is 2.24. The van der Waals surface area contributed by atoms with E-state index in [4.69, 9.17) is 5.73 Å². The third kappa shape index (κ3) is 4.23. The Morgan fingerprint density at radius 1 is 1.17 bits per heavy atom. The number of sulfonamides is 1. The molecule has 0 aromatic heterocycles. The molecule has 6 nitrogen and oxygen atoms in total. The summed E-state index contributed by atoms with van der Waals surface area (Å²) in [6.45, 7) is 1.77. The van der Waals surface area contributed by atoms with Gasteiger partial charge >= 0.3 is 0 Å². The number of nitrogens with two attached hydrogens (primary N) is 1. The molecule has 0 amide bonds. The van der Waals surface area contributed by atoms with Crippen molar-refractivity contribution in [3.63, 3.8) is 0 Å². The van der Waals surface area contributed by atoms with E-state index in [2.05, 4.69) is 10.3 Å². The van der Waals surface area contributed by atoms with Crippen LogP contribution in [-0.2, 0) is 10.0 Å². The summed E-state index contributed by atoms with van der Waals surface area (Å²) < 4.78 is 26.7. The molecule has 3 N–H and O–H groups in total. The van der Waals surface area contributed by atoms with Crippen LogP contribution in [0.5, 0.6) is 0 Å². The zero-order valence-corrected chi connectivity index (χ0v) is 14.0. The predicted octanol–water partition coefficient (Wildman–Crippen LogP) is 1.15. The van der Waals surface area contributed by atoms with Gasteiger partial charge in [0, 0.05) is 25.7 Å². The lowest BCUT2D eigenvalue weighted by Gasteiger charge is -2.30. The van der Waals surface area contributed by atoms with Crippen molar-refractivity contribution in [3.8, 4) is 0 Å². The van der Waals surface area contributed by atoms with Gasteiger partial charge in [0.15, 0.2) is 5.96 Å². The number of hydrogen-bond donors (Lipinski definition) is 2. The van der Waals surface area contributed by atoms with Gasteiger partial charge in [-0.25, -0.2) is 8.42 Å². The number of guanidine groups is 1. The average molecular weight is 336 g/mol. The molecule has 0 spiro atoms. The van der Waals surface area contributed by atoms with Crippen LogP contribution < -0.4 is 11.1 Å². The third-order valence-electron chi connectivity index (χ3n) is 4.40. The number of rotatable bonds is 5. The number of aliphatic imine (C=N–C) groups is 1. The molecular weight excluding hydrogens is 312 g/mol.